The highest BCUT2D eigenvalue weighted by Gasteiger charge is 2.23. The Morgan fingerprint density at radius 1 is 0.870 bits per heavy atom. The molecule has 1 aliphatic heterocycles. The van der Waals surface area contributed by atoms with Crippen LogP contribution >= 0.6 is 0 Å². The maximum absolute atomic E-state index is 12.6. The van der Waals surface area contributed by atoms with E-state index in [9.17, 15) is 4.79 Å². The zero-order chi connectivity index (χ0) is 16.1. The Balaban J connectivity index is 1.64. The summed E-state index contributed by atoms with van der Waals surface area (Å²) in [6.45, 7) is 5.85. The van der Waals surface area contributed by atoms with E-state index in [1.807, 2.05) is 35.2 Å². The van der Waals surface area contributed by atoms with Crippen molar-refractivity contribution in [1.82, 2.24) is 9.80 Å². The van der Waals surface area contributed by atoms with Crippen LogP contribution in [0.2, 0.25) is 0 Å². The number of rotatable bonds is 3. The largest absolute Gasteiger partial charge is 0.337 e. The first kappa shape index (κ1) is 15.8. The van der Waals surface area contributed by atoms with Crippen molar-refractivity contribution in [3.8, 4) is 0 Å². The van der Waals surface area contributed by atoms with Crippen LogP contribution in [0.25, 0.3) is 0 Å². The molecule has 2 aromatic rings. The lowest BCUT2D eigenvalue weighted by molar-refractivity contribution is 0.0758. The van der Waals surface area contributed by atoms with Crippen molar-refractivity contribution in [2.45, 2.75) is 19.4 Å². The van der Waals surface area contributed by atoms with Crippen LogP contribution in [-0.4, -0.2) is 41.9 Å². The topological polar surface area (TPSA) is 23.6 Å². The number of amides is 1. The van der Waals surface area contributed by atoms with Crippen molar-refractivity contribution in [2.75, 3.05) is 26.2 Å². The molecule has 0 radical (unpaired) electrons. The van der Waals surface area contributed by atoms with Crippen molar-refractivity contribution in [1.29, 1.82) is 0 Å². The van der Waals surface area contributed by atoms with Gasteiger partial charge in [0.05, 0.1) is 0 Å². The molecule has 3 nitrogen and oxygen atoms in total. The molecule has 0 aromatic heterocycles. The number of nitrogens with zero attached hydrogens (tertiary/aromatic N) is 2. The fraction of sp³-hybridized carbons (Fsp3) is 0.350. The van der Waals surface area contributed by atoms with Gasteiger partial charge in [0, 0.05) is 37.8 Å². The lowest BCUT2D eigenvalue weighted by Gasteiger charge is -2.28. The smallest absolute Gasteiger partial charge is 0.253 e. The van der Waals surface area contributed by atoms with E-state index in [0.29, 0.717) is 6.04 Å². The van der Waals surface area contributed by atoms with Crippen LogP contribution in [0.4, 0.5) is 0 Å². The standard InChI is InChI=1S/C20H24N2O/c1-17(18-9-4-2-5-10-18)21-13-8-14-22(16-15-21)20(23)19-11-6-3-7-12-19/h2-7,9-12,17H,8,13-16H2,1H3/t17-/m0/s1. The van der Waals surface area contributed by atoms with Crippen molar-refractivity contribution < 1.29 is 4.79 Å². The van der Waals surface area contributed by atoms with Crippen molar-refractivity contribution in [3.63, 3.8) is 0 Å². The van der Waals surface area contributed by atoms with Gasteiger partial charge in [-0.25, -0.2) is 0 Å². The summed E-state index contributed by atoms with van der Waals surface area (Å²) in [5.41, 5.74) is 2.13. The highest BCUT2D eigenvalue weighted by Crippen LogP contribution is 2.21. The third-order valence-corrected chi connectivity index (χ3v) is 4.67. The van der Waals surface area contributed by atoms with Gasteiger partial charge in [0.1, 0.15) is 0 Å². The molecule has 0 aliphatic carbocycles. The fourth-order valence-corrected chi connectivity index (χ4v) is 3.23. The minimum absolute atomic E-state index is 0.153. The average Bonchev–Trinajstić information content (AvgIpc) is 2.88. The second kappa shape index (κ2) is 7.42. The Morgan fingerprint density at radius 2 is 1.52 bits per heavy atom. The molecule has 1 saturated heterocycles. The Morgan fingerprint density at radius 3 is 2.22 bits per heavy atom. The third-order valence-electron chi connectivity index (χ3n) is 4.67. The van der Waals surface area contributed by atoms with Gasteiger partial charge in [0.25, 0.3) is 5.91 Å². The van der Waals surface area contributed by atoms with Gasteiger partial charge in [-0.05, 0) is 31.0 Å². The number of carbonyl (C=O) groups is 1. The van der Waals surface area contributed by atoms with Gasteiger partial charge in [-0.1, -0.05) is 48.5 Å². The van der Waals surface area contributed by atoms with Crippen LogP contribution < -0.4 is 0 Å². The molecule has 1 fully saturated rings. The first-order valence-corrected chi connectivity index (χ1v) is 8.39. The van der Waals surface area contributed by atoms with E-state index in [1.165, 1.54) is 5.56 Å². The summed E-state index contributed by atoms with van der Waals surface area (Å²) < 4.78 is 0. The molecular weight excluding hydrogens is 284 g/mol. The van der Waals surface area contributed by atoms with E-state index < -0.39 is 0 Å². The Kier molecular flexibility index (Phi) is 5.09. The summed E-state index contributed by atoms with van der Waals surface area (Å²) in [5, 5.41) is 0. The van der Waals surface area contributed by atoms with Crippen LogP contribution in [0.1, 0.15) is 35.3 Å². The SMILES string of the molecule is C[C@@H](c1ccccc1)N1CCCN(C(=O)c2ccccc2)CC1. The van der Waals surface area contributed by atoms with Gasteiger partial charge in [-0.3, -0.25) is 9.69 Å². The molecule has 1 heterocycles. The van der Waals surface area contributed by atoms with Crippen LogP contribution in [0.15, 0.2) is 60.7 Å². The number of hydrogen-bond acceptors (Lipinski definition) is 2. The summed E-state index contributed by atoms with van der Waals surface area (Å²) in [7, 11) is 0. The molecule has 0 unspecified atom stereocenters. The molecule has 3 heteroatoms. The maximum Gasteiger partial charge on any atom is 0.253 e. The first-order chi connectivity index (χ1) is 11.3. The van der Waals surface area contributed by atoms with Crippen LogP contribution in [-0.2, 0) is 0 Å². The van der Waals surface area contributed by atoms with E-state index in [2.05, 4.69) is 42.2 Å². The second-order valence-corrected chi connectivity index (χ2v) is 6.13. The molecule has 3 rings (SSSR count). The lowest BCUT2D eigenvalue weighted by Crippen LogP contribution is -2.35. The van der Waals surface area contributed by atoms with E-state index >= 15 is 0 Å². The maximum atomic E-state index is 12.6. The summed E-state index contributed by atoms with van der Waals surface area (Å²) in [6, 6.07) is 20.6. The van der Waals surface area contributed by atoms with Gasteiger partial charge in [0.2, 0.25) is 0 Å². The van der Waals surface area contributed by atoms with Gasteiger partial charge >= 0.3 is 0 Å². The van der Waals surface area contributed by atoms with Gasteiger partial charge in [0.15, 0.2) is 0 Å². The predicted molar refractivity (Wildman–Crippen MR) is 93.4 cm³/mol. The normalized spacial score (nSPS) is 17.5. The second-order valence-electron chi connectivity index (χ2n) is 6.13. The molecule has 120 valence electrons. The molecule has 0 spiro atoms. The van der Waals surface area contributed by atoms with Crippen LogP contribution in [0.5, 0.6) is 0 Å². The van der Waals surface area contributed by atoms with Crippen molar-refractivity contribution in [2.24, 2.45) is 0 Å². The minimum atomic E-state index is 0.153. The predicted octanol–water partition coefficient (Wildman–Crippen LogP) is 3.60. The monoisotopic (exact) mass is 308 g/mol. The van der Waals surface area contributed by atoms with Gasteiger partial charge < -0.3 is 4.90 Å². The molecule has 1 aliphatic rings. The number of hydrogen-bond donors (Lipinski definition) is 0. The van der Waals surface area contributed by atoms with E-state index in [0.717, 1.165) is 38.2 Å². The zero-order valence-corrected chi connectivity index (χ0v) is 13.7. The highest BCUT2D eigenvalue weighted by atomic mass is 16.2. The first-order valence-electron chi connectivity index (χ1n) is 8.39. The number of benzene rings is 2. The molecule has 0 N–H and O–H groups in total. The summed E-state index contributed by atoms with van der Waals surface area (Å²) in [6.07, 6.45) is 1.02. The Hall–Kier alpha value is -2.13. The van der Waals surface area contributed by atoms with Crippen molar-refractivity contribution >= 4 is 5.91 Å². The molecule has 0 bridgehead atoms. The molecular formula is C20H24N2O. The summed E-state index contributed by atoms with van der Waals surface area (Å²) >= 11 is 0. The van der Waals surface area contributed by atoms with Crippen LogP contribution in [0, 0.1) is 0 Å². The lowest BCUT2D eigenvalue weighted by atomic mass is 10.1. The molecule has 2 aromatic carbocycles. The average molecular weight is 308 g/mol. The van der Waals surface area contributed by atoms with Gasteiger partial charge in [-0.15, -0.1) is 0 Å². The number of carbonyl (C=O) groups excluding carboxylic acids is 1. The van der Waals surface area contributed by atoms with E-state index in [4.69, 9.17) is 0 Å². The van der Waals surface area contributed by atoms with E-state index in [1.54, 1.807) is 0 Å². The third kappa shape index (κ3) is 3.80. The quantitative estimate of drug-likeness (QED) is 0.865. The van der Waals surface area contributed by atoms with Crippen LogP contribution in [0.3, 0.4) is 0 Å². The highest BCUT2D eigenvalue weighted by molar-refractivity contribution is 5.94. The molecule has 1 atom stereocenters. The van der Waals surface area contributed by atoms with Crippen molar-refractivity contribution in [3.05, 3.63) is 71.8 Å². The summed E-state index contributed by atoms with van der Waals surface area (Å²) in [4.78, 5) is 17.1. The fourth-order valence-electron chi connectivity index (χ4n) is 3.23. The zero-order valence-electron chi connectivity index (χ0n) is 13.7. The van der Waals surface area contributed by atoms with Gasteiger partial charge in [-0.2, -0.15) is 0 Å². The molecule has 1 amide bonds. The molecule has 23 heavy (non-hydrogen) atoms. The van der Waals surface area contributed by atoms with E-state index in [-0.39, 0.29) is 5.91 Å². The Bertz CT molecular complexity index is 627. The summed E-state index contributed by atoms with van der Waals surface area (Å²) in [5.74, 6) is 0.153. The minimum Gasteiger partial charge on any atom is -0.337 e. The molecule has 0 saturated carbocycles. The Labute approximate surface area is 138 Å².